The first-order valence-corrected chi connectivity index (χ1v) is 9.02. The van der Waals surface area contributed by atoms with Crippen LogP contribution in [0.3, 0.4) is 0 Å². The largest absolute Gasteiger partial charge is 0.346 e. The van der Waals surface area contributed by atoms with Crippen molar-refractivity contribution in [1.82, 2.24) is 24.6 Å². The number of benzene rings is 1. The number of nitrogens with one attached hydrogen (secondary N) is 2. The maximum absolute atomic E-state index is 12.9. The minimum atomic E-state index is -0.436. The van der Waals surface area contributed by atoms with Gasteiger partial charge in [0, 0.05) is 36.2 Å². The Kier molecular flexibility index (Phi) is 4.88. The lowest BCUT2D eigenvalue weighted by Crippen LogP contribution is -2.34. The van der Waals surface area contributed by atoms with E-state index >= 15 is 0 Å². The van der Waals surface area contributed by atoms with Gasteiger partial charge in [-0.05, 0) is 49.2 Å². The molecule has 0 unspecified atom stereocenters. The van der Waals surface area contributed by atoms with Crippen LogP contribution in [0.4, 0.5) is 14.9 Å². The van der Waals surface area contributed by atoms with Crippen LogP contribution in [0.25, 0.3) is 11.4 Å². The van der Waals surface area contributed by atoms with Crippen LogP contribution in [0, 0.1) is 5.82 Å². The highest BCUT2D eigenvalue weighted by molar-refractivity contribution is 5.89. The lowest BCUT2D eigenvalue weighted by Gasteiger charge is -2.07. The number of nitrogens with zero attached hydrogens (tertiary/aromatic N) is 4. The maximum atomic E-state index is 12.9. The molecule has 2 N–H and O–H groups in total. The van der Waals surface area contributed by atoms with Gasteiger partial charge in [0.05, 0.1) is 6.54 Å². The van der Waals surface area contributed by atoms with Crippen LogP contribution in [0.15, 0.2) is 53.6 Å². The smallest absolute Gasteiger partial charge is 0.336 e. The molecule has 1 saturated carbocycles. The Labute approximate surface area is 160 Å². The molecule has 28 heavy (non-hydrogen) atoms. The zero-order valence-corrected chi connectivity index (χ0v) is 15.0. The average Bonchev–Trinajstić information content (AvgIpc) is 3.48. The summed E-state index contributed by atoms with van der Waals surface area (Å²) >= 11 is 0. The number of rotatable bonds is 6. The Hall–Kier alpha value is -3.49. The van der Waals surface area contributed by atoms with Gasteiger partial charge in [-0.25, -0.2) is 18.7 Å². The molecule has 3 aromatic rings. The Balaban J connectivity index is 1.42. The lowest BCUT2D eigenvalue weighted by atomic mass is 10.3. The van der Waals surface area contributed by atoms with E-state index in [1.165, 1.54) is 28.9 Å². The van der Waals surface area contributed by atoms with E-state index in [4.69, 9.17) is 0 Å². The number of carbonyl (C=O) groups is 1. The van der Waals surface area contributed by atoms with E-state index in [2.05, 4.69) is 20.7 Å². The number of aromatic nitrogens is 4. The third-order valence-corrected chi connectivity index (χ3v) is 4.41. The minimum Gasteiger partial charge on any atom is -0.336 e. The molecule has 2 amide bonds. The molecule has 8 nitrogen and oxygen atoms in total. The van der Waals surface area contributed by atoms with Gasteiger partial charge in [-0.2, -0.15) is 0 Å². The summed E-state index contributed by atoms with van der Waals surface area (Å²) in [6, 6.07) is 8.87. The van der Waals surface area contributed by atoms with Gasteiger partial charge in [0.1, 0.15) is 5.82 Å². The third kappa shape index (κ3) is 3.93. The summed E-state index contributed by atoms with van der Waals surface area (Å²) in [5.74, 6) is 0.220. The van der Waals surface area contributed by atoms with Crippen LogP contribution < -0.4 is 16.3 Å². The third-order valence-electron chi connectivity index (χ3n) is 4.41. The number of urea groups is 1. The van der Waals surface area contributed by atoms with Crippen molar-refractivity contribution >= 4 is 11.7 Å². The van der Waals surface area contributed by atoms with E-state index in [1.807, 2.05) is 6.07 Å². The summed E-state index contributed by atoms with van der Waals surface area (Å²) in [7, 11) is 0. The fourth-order valence-electron chi connectivity index (χ4n) is 2.90. The van der Waals surface area contributed by atoms with Crippen molar-refractivity contribution in [2.24, 2.45) is 0 Å². The van der Waals surface area contributed by atoms with Gasteiger partial charge in [-0.15, -0.1) is 5.10 Å². The van der Waals surface area contributed by atoms with Gasteiger partial charge in [0.2, 0.25) is 0 Å². The molecular weight excluding hydrogens is 363 g/mol. The molecule has 0 spiro atoms. The van der Waals surface area contributed by atoms with Gasteiger partial charge < -0.3 is 10.6 Å². The molecule has 9 heteroatoms. The summed E-state index contributed by atoms with van der Waals surface area (Å²) in [6.07, 6.45) is 5.26. The van der Waals surface area contributed by atoms with Gasteiger partial charge in [-0.3, -0.25) is 9.55 Å². The Morgan fingerprint density at radius 3 is 2.68 bits per heavy atom. The van der Waals surface area contributed by atoms with E-state index in [9.17, 15) is 14.0 Å². The molecule has 1 aliphatic carbocycles. The molecule has 4 rings (SSSR count). The van der Waals surface area contributed by atoms with Crippen LogP contribution >= 0.6 is 0 Å². The van der Waals surface area contributed by atoms with Gasteiger partial charge in [-0.1, -0.05) is 0 Å². The molecular formula is C19H19FN6O2. The van der Waals surface area contributed by atoms with Crippen LogP contribution in [-0.4, -0.2) is 31.9 Å². The number of hydrogen-bond donors (Lipinski definition) is 2. The lowest BCUT2D eigenvalue weighted by molar-refractivity contribution is 0.251. The fourth-order valence-corrected chi connectivity index (χ4v) is 2.90. The van der Waals surface area contributed by atoms with Crippen molar-refractivity contribution in [1.29, 1.82) is 0 Å². The summed E-state index contributed by atoms with van der Waals surface area (Å²) in [5, 5.41) is 9.72. The van der Waals surface area contributed by atoms with Crippen LogP contribution in [0.1, 0.15) is 18.9 Å². The molecule has 2 heterocycles. The quantitative estimate of drug-likeness (QED) is 0.685. The standard InChI is InChI=1S/C19H19FN6O2/c20-14-3-5-15(6-4-14)23-18(27)22-10-11-25-19(28)26(16-7-8-16)17(24-25)13-2-1-9-21-12-13/h1-6,9,12,16H,7-8,10-11H2,(H2,22,23,27). The highest BCUT2D eigenvalue weighted by Gasteiger charge is 2.30. The SMILES string of the molecule is O=C(NCCn1nc(-c2cccnc2)n(C2CC2)c1=O)Nc1ccc(F)cc1. The molecule has 0 radical (unpaired) electrons. The van der Waals surface area contributed by atoms with Crippen LogP contribution in [0.5, 0.6) is 0 Å². The van der Waals surface area contributed by atoms with Crippen LogP contribution in [-0.2, 0) is 6.54 Å². The minimum absolute atomic E-state index is 0.172. The van der Waals surface area contributed by atoms with Crippen molar-refractivity contribution in [2.75, 3.05) is 11.9 Å². The van der Waals surface area contributed by atoms with Crippen molar-refractivity contribution in [3.63, 3.8) is 0 Å². The van der Waals surface area contributed by atoms with Crippen LogP contribution in [0.2, 0.25) is 0 Å². The van der Waals surface area contributed by atoms with Crippen molar-refractivity contribution in [3.8, 4) is 11.4 Å². The maximum Gasteiger partial charge on any atom is 0.346 e. The molecule has 1 aliphatic rings. The number of pyridine rings is 1. The number of amides is 2. The van der Waals surface area contributed by atoms with E-state index in [0.29, 0.717) is 11.5 Å². The van der Waals surface area contributed by atoms with Crippen molar-refractivity contribution in [3.05, 3.63) is 65.1 Å². The normalized spacial score (nSPS) is 13.3. The number of carbonyl (C=O) groups excluding carboxylic acids is 1. The summed E-state index contributed by atoms with van der Waals surface area (Å²) in [4.78, 5) is 28.8. The number of anilines is 1. The molecule has 0 aliphatic heterocycles. The highest BCUT2D eigenvalue weighted by Crippen LogP contribution is 2.36. The Morgan fingerprint density at radius 2 is 2.00 bits per heavy atom. The topological polar surface area (TPSA) is 93.8 Å². The predicted molar refractivity (Wildman–Crippen MR) is 101 cm³/mol. The molecule has 1 fully saturated rings. The molecule has 144 valence electrons. The molecule has 0 bridgehead atoms. The monoisotopic (exact) mass is 382 g/mol. The van der Waals surface area contributed by atoms with E-state index < -0.39 is 6.03 Å². The van der Waals surface area contributed by atoms with E-state index in [0.717, 1.165) is 18.4 Å². The second-order valence-corrected chi connectivity index (χ2v) is 6.56. The molecule has 0 saturated heterocycles. The summed E-state index contributed by atoms with van der Waals surface area (Å²) < 4.78 is 16.0. The van der Waals surface area contributed by atoms with Gasteiger partial charge in [0.25, 0.3) is 0 Å². The summed E-state index contributed by atoms with van der Waals surface area (Å²) in [6.45, 7) is 0.462. The second kappa shape index (κ2) is 7.63. The molecule has 0 atom stereocenters. The number of hydrogen-bond acceptors (Lipinski definition) is 4. The fraction of sp³-hybridized carbons (Fsp3) is 0.263. The average molecular weight is 382 g/mol. The van der Waals surface area contributed by atoms with Crippen molar-refractivity contribution < 1.29 is 9.18 Å². The molecule has 2 aromatic heterocycles. The molecule has 1 aromatic carbocycles. The first-order chi connectivity index (χ1) is 13.6. The highest BCUT2D eigenvalue weighted by atomic mass is 19.1. The van der Waals surface area contributed by atoms with E-state index in [-0.39, 0.29) is 30.6 Å². The first kappa shape index (κ1) is 17.9. The Morgan fingerprint density at radius 1 is 1.21 bits per heavy atom. The predicted octanol–water partition coefficient (Wildman–Crippen LogP) is 2.40. The van der Waals surface area contributed by atoms with E-state index in [1.54, 1.807) is 23.0 Å². The second-order valence-electron chi connectivity index (χ2n) is 6.56. The van der Waals surface area contributed by atoms with Gasteiger partial charge in [0.15, 0.2) is 5.82 Å². The first-order valence-electron chi connectivity index (χ1n) is 9.02. The van der Waals surface area contributed by atoms with Gasteiger partial charge >= 0.3 is 11.7 Å². The zero-order chi connectivity index (χ0) is 19.5. The van der Waals surface area contributed by atoms with Crippen molar-refractivity contribution in [2.45, 2.75) is 25.4 Å². The summed E-state index contributed by atoms with van der Waals surface area (Å²) in [5.41, 5.74) is 1.07. The zero-order valence-electron chi connectivity index (χ0n) is 15.0. The Bertz CT molecular complexity index is 1020. The number of halogens is 1.